The Kier molecular flexibility index (Phi) is 10.8. The largest absolute Gasteiger partial charge is 0.354 e. The van der Waals surface area contributed by atoms with Crippen molar-refractivity contribution in [3.8, 4) is 0 Å². The Hall–Kier alpha value is -2.63. The van der Waals surface area contributed by atoms with E-state index >= 15 is 0 Å². The van der Waals surface area contributed by atoms with Gasteiger partial charge in [-0.05, 0) is 37.7 Å². The average molecular weight is 428 g/mol. The fourth-order valence-corrected chi connectivity index (χ4v) is 3.87. The lowest BCUT2D eigenvalue weighted by Gasteiger charge is -2.30. The number of carbonyl (C=O) groups excluding carboxylic acids is 3. The van der Waals surface area contributed by atoms with E-state index in [4.69, 9.17) is 0 Å². The second-order valence-corrected chi connectivity index (χ2v) is 8.30. The number of amides is 3. The molecule has 2 atom stereocenters. The van der Waals surface area contributed by atoms with Gasteiger partial charge in [0.1, 0.15) is 12.1 Å². The van der Waals surface area contributed by atoms with Gasteiger partial charge in [-0.15, -0.1) is 6.58 Å². The van der Waals surface area contributed by atoms with Gasteiger partial charge in [-0.2, -0.15) is 0 Å². The Labute approximate surface area is 186 Å². The first-order chi connectivity index (χ1) is 15.0. The summed E-state index contributed by atoms with van der Waals surface area (Å²) in [6.07, 6.45) is 10.5. The minimum atomic E-state index is -0.641. The Bertz CT molecular complexity index is 720. The smallest absolute Gasteiger partial charge is 0.243 e. The van der Waals surface area contributed by atoms with Crippen LogP contribution < -0.4 is 10.6 Å². The van der Waals surface area contributed by atoms with E-state index in [0.717, 1.165) is 50.5 Å². The summed E-state index contributed by atoms with van der Waals surface area (Å²) in [5.74, 6) is -0.454. The molecular formula is C25H37N3O3. The van der Waals surface area contributed by atoms with E-state index in [0.29, 0.717) is 25.8 Å². The summed E-state index contributed by atoms with van der Waals surface area (Å²) in [7, 11) is 1.69. The second kappa shape index (κ2) is 13.6. The van der Waals surface area contributed by atoms with Crippen molar-refractivity contribution in [2.45, 2.75) is 76.3 Å². The number of nitrogens with one attached hydrogen (secondary N) is 2. The molecule has 1 fully saturated rings. The Morgan fingerprint density at radius 2 is 1.90 bits per heavy atom. The third-order valence-corrected chi connectivity index (χ3v) is 5.84. The third-order valence-electron chi connectivity index (χ3n) is 5.84. The van der Waals surface area contributed by atoms with Crippen LogP contribution in [0.4, 0.5) is 0 Å². The van der Waals surface area contributed by atoms with Crippen LogP contribution in [0.3, 0.4) is 0 Å². The maximum atomic E-state index is 13.1. The summed E-state index contributed by atoms with van der Waals surface area (Å²) in [6, 6.07) is 8.51. The van der Waals surface area contributed by atoms with E-state index in [-0.39, 0.29) is 17.7 Å². The maximum Gasteiger partial charge on any atom is 0.243 e. The molecule has 2 N–H and O–H groups in total. The van der Waals surface area contributed by atoms with E-state index in [1.54, 1.807) is 11.9 Å². The number of hydrogen-bond donors (Lipinski definition) is 2. The summed E-state index contributed by atoms with van der Waals surface area (Å²) in [6.45, 7) is 4.38. The number of likely N-dealkylation sites (N-methyl/N-ethyl adjacent to an activating group) is 1. The van der Waals surface area contributed by atoms with Crippen LogP contribution in [-0.2, 0) is 20.8 Å². The molecule has 0 saturated carbocycles. The number of rotatable bonds is 13. The van der Waals surface area contributed by atoms with Crippen LogP contribution in [0.1, 0.15) is 63.4 Å². The fourth-order valence-electron chi connectivity index (χ4n) is 3.87. The van der Waals surface area contributed by atoms with Gasteiger partial charge in [0, 0.05) is 26.4 Å². The molecule has 1 aromatic rings. The van der Waals surface area contributed by atoms with Crippen molar-refractivity contribution in [1.29, 1.82) is 0 Å². The van der Waals surface area contributed by atoms with Gasteiger partial charge >= 0.3 is 0 Å². The molecule has 1 saturated heterocycles. The van der Waals surface area contributed by atoms with Gasteiger partial charge in [0.2, 0.25) is 17.7 Å². The van der Waals surface area contributed by atoms with Crippen molar-refractivity contribution in [2.24, 2.45) is 0 Å². The predicted molar refractivity (Wildman–Crippen MR) is 123 cm³/mol. The number of unbranched alkanes of at least 4 members (excludes halogenated alkanes) is 5. The van der Waals surface area contributed by atoms with Crippen LogP contribution in [0.2, 0.25) is 0 Å². The summed E-state index contributed by atoms with van der Waals surface area (Å²) >= 11 is 0. The molecule has 3 amide bonds. The highest BCUT2D eigenvalue weighted by atomic mass is 16.2. The Morgan fingerprint density at radius 1 is 1.19 bits per heavy atom. The number of allylic oxidation sites excluding steroid dienone is 1. The van der Waals surface area contributed by atoms with Crippen LogP contribution in [0.15, 0.2) is 43.0 Å². The minimum absolute atomic E-state index is 0.0322. The molecule has 1 heterocycles. The zero-order valence-electron chi connectivity index (χ0n) is 18.8. The summed E-state index contributed by atoms with van der Waals surface area (Å²) in [5.41, 5.74) is 0.984. The van der Waals surface area contributed by atoms with Crippen LogP contribution >= 0.6 is 0 Å². The third kappa shape index (κ3) is 8.56. The number of carbonyl (C=O) groups is 3. The quantitative estimate of drug-likeness (QED) is 0.374. The number of hydrogen-bond acceptors (Lipinski definition) is 3. The zero-order valence-corrected chi connectivity index (χ0v) is 18.8. The van der Waals surface area contributed by atoms with Gasteiger partial charge in [-0.3, -0.25) is 14.4 Å². The molecule has 1 aromatic carbocycles. The predicted octanol–water partition coefficient (Wildman–Crippen LogP) is 3.37. The van der Waals surface area contributed by atoms with Crippen molar-refractivity contribution < 1.29 is 14.4 Å². The number of nitrogens with zero attached hydrogens (tertiary/aromatic N) is 1. The molecule has 1 aliphatic heterocycles. The molecule has 0 aromatic heterocycles. The number of piperidine rings is 1. The molecular weight excluding hydrogens is 390 g/mol. The van der Waals surface area contributed by atoms with Crippen molar-refractivity contribution in [1.82, 2.24) is 15.5 Å². The molecule has 0 spiro atoms. The van der Waals surface area contributed by atoms with Gasteiger partial charge in [0.15, 0.2) is 0 Å². The highest BCUT2D eigenvalue weighted by Gasteiger charge is 2.31. The average Bonchev–Trinajstić information content (AvgIpc) is 2.78. The van der Waals surface area contributed by atoms with Crippen LogP contribution in [0.5, 0.6) is 0 Å². The van der Waals surface area contributed by atoms with Gasteiger partial charge in [-0.1, -0.05) is 55.7 Å². The first kappa shape index (κ1) is 24.6. The van der Waals surface area contributed by atoms with Crippen molar-refractivity contribution in [3.05, 3.63) is 48.6 Å². The van der Waals surface area contributed by atoms with E-state index in [2.05, 4.69) is 17.2 Å². The maximum absolute atomic E-state index is 13.1. The van der Waals surface area contributed by atoms with E-state index in [1.807, 2.05) is 36.4 Å². The molecule has 2 rings (SSSR count). The molecule has 170 valence electrons. The molecule has 0 unspecified atom stereocenters. The molecule has 6 heteroatoms. The lowest BCUT2D eigenvalue weighted by atomic mass is 10.0. The molecule has 0 aliphatic carbocycles. The Balaban J connectivity index is 1.94. The standard InChI is InChI=1S/C25H37N3O3/c1-3-4-5-6-7-8-12-17-23(29)28(2)22(19-20-14-10-9-11-15-20)25(31)27-21-16-13-18-26-24(21)30/h3,9-11,14-15,21-22H,1,4-8,12-13,16-19H2,2H3,(H,26,30)(H,27,31)/t21-,22+/m0/s1. The van der Waals surface area contributed by atoms with E-state index < -0.39 is 12.1 Å². The van der Waals surface area contributed by atoms with Gasteiger partial charge in [-0.25, -0.2) is 0 Å². The first-order valence-corrected chi connectivity index (χ1v) is 11.5. The topological polar surface area (TPSA) is 78.5 Å². The van der Waals surface area contributed by atoms with Crippen LogP contribution in [0.25, 0.3) is 0 Å². The lowest BCUT2D eigenvalue weighted by molar-refractivity contribution is -0.140. The SMILES string of the molecule is C=CCCCCCCCC(=O)N(C)[C@H](Cc1ccccc1)C(=O)N[C@H]1CCCNC1=O. The molecule has 0 bridgehead atoms. The Morgan fingerprint density at radius 3 is 2.61 bits per heavy atom. The van der Waals surface area contributed by atoms with Gasteiger partial charge in [0.25, 0.3) is 0 Å². The molecule has 1 aliphatic rings. The number of benzene rings is 1. The normalized spacial score (nSPS) is 16.8. The van der Waals surface area contributed by atoms with Gasteiger partial charge < -0.3 is 15.5 Å². The first-order valence-electron chi connectivity index (χ1n) is 11.5. The van der Waals surface area contributed by atoms with E-state index in [1.165, 1.54) is 0 Å². The highest BCUT2D eigenvalue weighted by molar-refractivity contribution is 5.92. The van der Waals surface area contributed by atoms with Crippen LogP contribution in [-0.4, -0.2) is 48.3 Å². The monoisotopic (exact) mass is 427 g/mol. The van der Waals surface area contributed by atoms with Crippen molar-refractivity contribution in [3.63, 3.8) is 0 Å². The lowest BCUT2D eigenvalue weighted by Crippen LogP contribution is -2.56. The zero-order chi connectivity index (χ0) is 22.5. The van der Waals surface area contributed by atoms with Gasteiger partial charge in [0.05, 0.1) is 0 Å². The molecule has 31 heavy (non-hydrogen) atoms. The molecule has 6 nitrogen and oxygen atoms in total. The van der Waals surface area contributed by atoms with Crippen molar-refractivity contribution >= 4 is 17.7 Å². The second-order valence-electron chi connectivity index (χ2n) is 8.30. The summed E-state index contributed by atoms with van der Waals surface area (Å²) < 4.78 is 0. The summed E-state index contributed by atoms with van der Waals surface area (Å²) in [5, 5.41) is 5.66. The summed E-state index contributed by atoms with van der Waals surface area (Å²) in [4.78, 5) is 39.5. The van der Waals surface area contributed by atoms with Crippen molar-refractivity contribution in [2.75, 3.05) is 13.6 Å². The van der Waals surface area contributed by atoms with Crippen LogP contribution in [0, 0.1) is 0 Å². The highest BCUT2D eigenvalue weighted by Crippen LogP contribution is 2.14. The molecule has 0 radical (unpaired) electrons. The minimum Gasteiger partial charge on any atom is -0.354 e. The van der Waals surface area contributed by atoms with E-state index in [9.17, 15) is 14.4 Å². The fraction of sp³-hybridized carbons (Fsp3) is 0.560.